The summed E-state index contributed by atoms with van der Waals surface area (Å²) in [4.78, 5) is 11.8. The third kappa shape index (κ3) is 4.97. The molecule has 23 heavy (non-hydrogen) atoms. The van der Waals surface area contributed by atoms with Crippen molar-refractivity contribution in [2.24, 2.45) is 0 Å². The van der Waals surface area contributed by atoms with Gasteiger partial charge < -0.3 is 10.1 Å². The van der Waals surface area contributed by atoms with E-state index in [1.807, 2.05) is 6.07 Å². The number of carbonyl (C=O) groups is 1. The van der Waals surface area contributed by atoms with E-state index in [1.54, 1.807) is 24.3 Å². The summed E-state index contributed by atoms with van der Waals surface area (Å²) in [6, 6.07) is 12.7. The first-order chi connectivity index (χ1) is 11.1. The van der Waals surface area contributed by atoms with Crippen LogP contribution in [0.1, 0.15) is 18.4 Å². The minimum Gasteiger partial charge on any atom is -0.492 e. The zero-order chi connectivity index (χ0) is 16.7. The molecule has 0 spiro atoms. The number of nitriles is 1. The molecule has 0 saturated heterocycles. The van der Waals surface area contributed by atoms with Crippen LogP contribution in [0.4, 0.5) is 10.1 Å². The van der Waals surface area contributed by atoms with E-state index < -0.39 is 5.82 Å². The summed E-state index contributed by atoms with van der Waals surface area (Å²) in [5, 5.41) is 11.9. The molecule has 0 radical (unpaired) electrons. The van der Waals surface area contributed by atoms with Crippen LogP contribution in [-0.4, -0.2) is 12.5 Å². The molecule has 1 N–H and O–H groups in total. The van der Waals surface area contributed by atoms with E-state index in [4.69, 9.17) is 21.6 Å². The summed E-state index contributed by atoms with van der Waals surface area (Å²) in [6.45, 7) is 0.351. The van der Waals surface area contributed by atoms with Gasteiger partial charge in [0.05, 0.1) is 17.2 Å². The molecule has 2 rings (SSSR count). The first-order valence-corrected chi connectivity index (χ1v) is 7.35. The van der Waals surface area contributed by atoms with Crippen molar-refractivity contribution >= 4 is 23.2 Å². The van der Waals surface area contributed by atoms with Crippen molar-refractivity contribution in [1.29, 1.82) is 5.26 Å². The van der Waals surface area contributed by atoms with Crippen LogP contribution in [0.15, 0.2) is 42.5 Å². The maximum atomic E-state index is 13.2. The molecule has 0 unspecified atom stereocenters. The molecule has 0 aliphatic rings. The van der Waals surface area contributed by atoms with E-state index in [-0.39, 0.29) is 17.9 Å². The van der Waals surface area contributed by atoms with Gasteiger partial charge in [-0.15, -0.1) is 0 Å². The lowest BCUT2D eigenvalue weighted by molar-refractivity contribution is -0.116. The van der Waals surface area contributed by atoms with Crippen LogP contribution in [0.2, 0.25) is 5.02 Å². The highest BCUT2D eigenvalue weighted by atomic mass is 35.5. The Hall–Kier alpha value is -2.58. The van der Waals surface area contributed by atoms with Crippen molar-refractivity contribution in [2.75, 3.05) is 11.9 Å². The number of hydrogen-bond acceptors (Lipinski definition) is 3. The fourth-order valence-corrected chi connectivity index (χ4v) is 2.08. The first-order valence-electron chi connectivity index (χ1n) is 6.97. The fourth-order valence-electron chi connectivity index (χ4n) is 1.89. The standard InChI is InChI=1S/C17H14ClFN2O2/c18-14-4-1-2-5-16(14)23-9-3-6-17(22)21-13-7-8-15(19)12(10-13)11-20/h1-2,4-5,7-8,10H,3,6,9H2,(H,21,22). The molecular formula is C17H14ClFN2O2. The van der Waals surface area contributed by atoms with Gasteiger partial charge in [0.25, 0.3) is 0 Å². The van der Waals surface area contributed by atoms with Crippen LogP contribution in [0, 0.1) is 17.1 Å². The molecule has 0 atom stereocenters. The van der Waals surface area contributed by atoms with E-state index in [2.05, 4.69) is 5.32 Å². The Balaban J connectivity index is 1.77. The topological polar surface area (TPSA) is 62.1 Å². The molecule has 0 saturated carbocycles. The Morgan fingerprint density at radius 2 is 2.09 bits per heavy atom. The van der Waals surface area contributed by atoms with Gasteiger partial charge >= 0.3 is 0 Å². The van der Waals surface area contributed by atoms with Crippen LogP contribution in [0.25, 0.3) is 0 Å². The number of rotatable bonds is 6. The number of nitrogens with one attached hydrogen (secondary N) is 1. The third-order valence-corrected chi connectivity index (χ3v) is 3.33. The van der Waals surface area contributed by atoms with E-state index in [0.717, 1.165) is 6.07 Å². The molecule has 118 valence electrons. The van der Waals surface area contributed by atoms with E-state index in [0.29, 0.717) is 29.5 Å². The SMILES string of the molecule is N#Cc1cc(NC(=O)CCCOc2ccccc2Cl)ccc1F. The first kappa shape index (κ1) is 16.8. The van der Waals surface area contributed by atoms with E-state index in [9.17, 15) is 9.18 Å². The molecule has 2 aromatic rings. The second-order valence-corrected chi connectivity index (χ2v) is 5.14. The van der Waals surface area contributed by atoms with Crippen LogP contribution >= 0.6 is 11.6 Å². The van der Waals surface area contributed by atoms with Crippen molar-refractivity contribution in [1.82, 2.24) is 0 Å². The number of benzene rings is 2. The molecule has 0 bridgehead atoms. The second-order valence-electron chi connectivity index (χ2n) is 4.74. The molecule has 0 fully saturated rings. The molecular weight excluding hydrogens is 319 g/mol. The average molecular weight is 333 g/mol. The molecule has 0 aliphatic carbocycles. The van der Waals surface area contributed by atoms with Crippen LogP contribution in [0.5, 0.6) is 5.75 Å². The Morgan fingerprint density at radius 1 is 1.30 bits per heavy atom. The Labute approximate surface area is 138 Å². The van der Waals surface area contributed by atoms with E-state index in [1.165, 1.54) is 12.1 Å². The van der Waals surface area contributed by atoms with Crippen molar-refractivity contribution < 1.29 is 13.9 Å². The third-order valence-electron chi connectivity index (χ3n) is 3.01. The number of ether oxygens (including phenoxy) is 1. The number of para-hydroxylation sites is 1. The largest absolute Gasteiger partial charge is 0.492 e. The number of amides is 1. The zero-order valence-electron chi connectivity index (χ0n) is 12.2. The quantitative estimate of drug-likeness (QED) is 0.808. The van der Waals surface area contributed by atoms with E-state index >= 15 is 0 Å². The molecule has 1 amide bonds. The van der Waals surface area contributed by atoms with Crippen LogP contribution in [0.3, 0.4) is 0 Å². The van der Waals surface area contributed by atoms with Crippen LogP contribution in [-0.2, 0) is 4.79 Å². The van der Waals surface area contributed by atoms with Gasteiger partial charge in [0, 0.05) is 12.1 Å². The summed E-state index contributed by atoms with van der Waals surface area (Å²) in [6.07, 6.45) is 0.743. The summed E-state index contributed by atoms with van der Waals surface area (Å²) >= 11 is 5.95. The summed E-state index contributed by atoms with van der Waals surface area (Å²) in [5.74, 6) is -0.270. The number of hydrogen-bond donors (Lipinski definition) is 1. The maximum Gasteiger partial charge on any atom is 0.224 e. The molecule has 6 heteroatoms. The Bertz CT molecular complexity index is 744. The Kier molecular flexibility index (Phi) is 5.95. The van der Waals surface area contributed by atoms with Gasteiger partial charge in [-0.1, -0.05) is 23.7 Å². The summed E-state index contributed by atoms with van der Waals surface area (Å²) in [5.41, 5.74) is 0.282. The number of nitrogens with zero attached hydrogens (tertiary/aromatic N) is 1. The predicted octanol–water partition coefficient (Wildman–Crippen LogP) is 4.15. The van der Waals surface area contributed by atoms with Crippen molar-refractivity contribution in [3.63, 3.8) is 0 Å². The van der Waals surface area contributed by atoms with Crippen LogP contribution < -0.4 is 10.1 Å². The highest BCUT2D eigenvalue weighted by Crippen LogP contribution is 2.23. The fraction of sp³-hybridized carbons (Fsp3) is 0.176. The molecule has 0 aromatic heterocycles. The monoisotopic (exact) mass is 332 g/mol. The van der Waals surface area contributed by atoms with Gasteiger partial charge in [0.1, 0.15) is 17.6 Å². The average Bonchev–Trinajstić information content (AvgIpc) is 2.55. The van der Waals surface area contributed by atoms with Gasteiger partial charge in [-0.25, -0.2) is 4.39 Å². The number of halogens is 2. The van der Waals surface area contributed by atoms with Gasteiger partial charge in [0.15, 0.2) is 0 Å². The van der Waals surface area contributed by atoms with Gasteiger partial charge in [0.2, 0.25) is 5.91 Å². The summed E-state index contributed by atoms with van der Waals surface area (Å²) < 4.78 is 18.7. The summed E-state index contributed by atoms with van der Waals surface area (Å²) in [7, 11) is 0. The predicted molar refractivity (Wildman–Crippen MR) is 85.9 cm³/mol. The maximum absolute atomic E-state index is 13.2. The van der Waals surface area contributed by atoms with Gasteiger partial charge in [-0.2, -0.15) is 5.26 Å². The van der Waals surface area contributed by atoms with Gasteiger partial charge in [-0.3, -0.25) is 4.79 Å². The van der Waals surface area contributed by atoms with Crippen molar-refractivity contribution in [3.05, 3.63) is 58.9 Å². The normalized spacial score (nSPS) is 9.96. The molecule has 0 heterocycles. The minimum atomic E-state index is -0.612. The zero-order valence-corrected chi connectivity index (χ0v) is 12.9. The number of carbonyl (C=O) groups excluding carboxylic acids is 1. The lowest BCUT2D eigenvalue weighted by atomic mass is 10.2. The molecule has 4 nitrogen and oxygen atoms in total. The highest BCUT2D eigenvalue weighted by molar-refractivity contribution is 6.32. The van der Waals surface area contributed by atoms with Gasteiger partial charge in [-0.05, 0) is 36.8 Å². The smallest absolute Gasteiger partial charge is 0.224 e. The number of anilines is 1. The molecule has 2 aromatic carbocycles. The van der Waals surface area contributed by atoms with Crippen molar-refractivity contribution in [3.8, 4) is 11.8 Å². The lowest BCUT2D eigenvalue weighted by Gasteiger charge is -2.08. The molecule has 0 aliphatic heterocycles. The highest BCUT2D eigenvalue weighted by Gasteiger charge is 2.07. The second kappa shape index (κ2) is 8.16. The minimum absolute atomic E-state index is 0.107. The van der Waals surface area contributed by atoms with Crippen molar-refractivity contribution in [2.45, 2.75) is 12.8 Å². The lowest BCUT2D eigenvalue weighted by Crippen LogP contribution is -2.13. The Morgan fingerprint density at radius 3 is 2.83 bits per heavy atom.